The maximum absolute atomic E-state index is 2.31. The van der Waals surface area contributed by atoms with Crippen molar-refractivity contribution in [3.8, 4) is 0 Å². The second-order valence-electron chi connectivity index (χ2n) is 13.9. The van der Waals surface area contributed by atoms with Crippen molar-refractivity contribution in [2.75, 3.05) is 0 Å². The Morgan fingerprint density at radius 3 is 0.537 bits per heavy atom. The van der Waals surface area contributed by atoms with E-state index in [1.54, 1.807) is 22.8 Å². The molecule has 0 aliphatic rings. The first-order chi connectivity index (χ1) is 20.4. The number of rotatable bonds is 38. The van der Waals surface area contributed by atoms with E-state index in [1.807, 2.05) is 0 Å². The Hall–Kier alpha value is 0.636. The molecule has 0 aromatic rings. The van der Waals surface area contributed by atoms with Crippen molar-refractivity contribution in [1.29, 1.82) is 0 Å². The van der Waals surface area contributed by atoms with Crippen LogP contribution in [0.25, 0.3) is 0 Å². The fraction of sp³-hybridized carbons (Fsp3) is 1.00. The molecule has 0 aromatic heterocycles. The molecule has 0 aliphatic heterocycles. The van der Waals surface area contributed by atoms with Crippen molar-refractivity contribution in [3.05, 3.63) is 0 Å². The van der Waals surface area contributed by atoms with Crippen molar-refractivity contribution >= 4 is 17.4 Å². The van der Waals surface area contributed by atoms with E-state index < -0.39 is 0 Å². The Kier molecular flexibility index (Phi) is 41.3. The first kappa shape index (κ1) is 41.6. The summed E-state index contributed by atoms with van der Waals surface area (Å²) in [7, 11) is 0. The van der Waals surface area contributed by atoms with E-state index in [4.69, 9.17) is 0 Å². The molecule has 0 saturated carbocycles. The Labute approximate surface area is 272 Å². The van der Waals surface area contributed by atoms with Crippen LogP contribution in [0.15, 0.2) is 0 Å². The molecule has 0 amide bonds. The summed E-state index contributed by atoms with van der Waals surface area (Å²) < 4.78 is 0. The maximum atomic E-state index is 2.31. The van der Waals surface area contributed by atoms with Gasteiger partial charge in [0.2, 0.25) is 0 Å². The average Bonchev–Trinajstić information content (AvgIpc) is 2.98. The van der Waals surface area contributed by atoms with E-state index >= 15 is 0 Å². The third-order valence-corrected chi connectivity index (χ3v) is 12.9. The van der Waals surface area contributed by atoms with Gasteiger partial charge in [0.15, 0.2) is 0 Å². The zero-order chi connectivity index (χ0) is 29.6. The van der Waals surface area contributed by atoms with Crippen molar-refractivity contribution in [1.82, 2.24) is 0 Å². The minimum atomic E-state index is 0. The van der Waals surface area contributed by atoms with Crippen LogP contribution in [0.3, 0.4) is 0 Å². The average molecular weight is 634 g/mol. The van der Waals surface area contributed by atoms with Crippen LogP contribution in [0.5, 0.6) is 0 Å². The van der Waals surface area contributed by atoms with Crippen LogP contribution in [0.4, 0.5) is 0 Å². The smallest absolute Gasteiger partial charge is 1.00 e. The van der Waals surface area contributed by atoms with Gasteiger partial charge in [-0.05, 0) is 0 Å². The molecule has 0 fully saturated rings. The van der Waals surface area contributed by atoms with Gasteiger partial charge in [-0.3, -0.25) is 0 Å². The normalized spacial score (nSPS) is 11.5. The summed E-state index contributed by atoms with van der Waals surface area (Å²) in [6.07, 6.45) is 53.8. The Morgan fingerprint density at radius 2 is 0.366 bits per heavy atom. The van der Waals surface area contributed by atoms with Crippen LogP contribution < -0.4 is 0 Å². The van der Waals surface area contributed by atoms with Crippen molar-refractivity contribution in [2.24, 2.45) is 0 Å². The first-order valence-corrected chi connectivity index (χ1v) is 23.7. The van der Waals surface area contributed by atoms with Gasteiger partial charge < -0.3 is 1.43 Å². The van der Waals surface area contributed by atoms with Crippen LogP contribution in [-0.2, 0) is 0 Å². The zero-order valence-corrected chi connectivity index (χ0v) is 31.9. The second-order valence-corrected chi connectivity index (χ2v) is 17.5. The van der Waals surface area contributed by atoms with Gasteiger partial charge in [0.05, 0.1) is 0 Å². The quantitative estimate of drug-likeness (QED) is 0.0469. The second kappa shape index (κ2) is 40.6. The van der Waals surface area contributed by atoms with Gasteiger partial charge in [0.1, 0.15) is 0 Å². The summed E-state index contributed by atoms with van der Waals surface area (Å²) in [6, 6.07) is 0. The Bertz CT molecular complexity index is 388. The standard InChI is InChI=1S/2C20H41.Ga.H/c2*1-3-5-7-9-11-13-15-17-19-20-18-16-14-12-10-8-6-4-2;;/h2*1,3-20H2,2H3;;/q;;;-1. The molecule has 0 nitrogen and oxygen atoms in total. The molecule has 0 atom stereocenters. The van der Waals surface area contributed by atoms with Crippen LogP contribution in [-0.4, -0.2) is 17.4 Å². The Morgan fingerprint density at radius 1 is 0.220 bits per heavy atom. The van der Waals surface area contributed by atoms with Gasteiger partial charge in [0.25, 0.3) is 0 Å². The molecule has 0 aliphatic carbocycles. The van der Waals surface area contributed by atoms with Gasteiger partial charge in [-0.2, -0.15) is 0 Å². The molecule has 0 rings (SSSR count). The summed E-state index contributed by atoms with van der Waals surface area (Å²) in [5, 5.41) is 0. The van der Waals surface area contributed by atoms with Crippen LogP contribution in [0.2, 0.25) is 9.95 Å². The summed E-state index contributed by atoms with van der Waals surface area (Å²) in [5.41, 5.74) is 0. The van der Waals surface area contributed by atoms with E-state index in [0.717, 1.165) is 0 Å². The molecule has 1 radical (unpaired) electrons. The van der Waals surface area contributed by atoms with E-state index in [1.165, 1.54) is 218 Å². The molecule has 0 spiro atoms. The van der Waals surface area contributed by atoms with Crippen LogP contribution in [0, 0.1) is 0 Å². The molecule has 0 bridgehead atoms. The van der Waals surface area contributed by atoms with E-state index in [-0.39, 0.29) is 18.8 Å². The van der Waals surface area contributed by atoms with Gasteiger partial charge in [-0.25, -0.2) is 0 Å². The summed E-state index contributed by atoms with van der Waals surface area (Å²) >= 11 is 0.125. The van der Waals surface area contributed by atoms with Crippen molar-refractivity contribution < 1.29 is 1.43 Å². The fourth-order valence-electron chi connectivity index (χ4n) is 6.52. The monoisotopic (exact) mass is 633 g/mol. The molecular formula is C40H83Ga-. The first-order valence-electron chi connectivity index (χ1n) is 20.2. The third kappa shape index (κ3) is 40.6. The molecular weight excluding hydrogens is 550 g/mol. The summed E-state index contributed by atoms with van der Waals surface area (Å²) in [5.74, 6) is 0. The third-order valence-electron chi connectivity index (χ3n) is 9.52. The zero-order valence-electron chi connectivity index (χ0n) is 30.4. The topological polar surface area (TPSA) is 0 Å². The van der Waals surface area contributed by atoms with Crippen LogP contribution >= 0.6 is 0 Å². The van der Waals surface area contributed by atoms with Crippen molar-refractivity contribution in [2.45, 2.75) is 255 Å². The molecule has 247 valence electrons. The fourth-order valence-corrected chi connectivity index (χ4v) is 9.55. The number of hydrogen-bond acceptors (Lipinski definition) is 0. The number of hydrogen-bond donors (Lipinski definition) is 0. The van der Waals surface area contributed by atoms with E-state index in [2.05, 4.69) is 13.8 Å². The molecule has 0 aromatic carbocycles. The van der Waals surface area contributed by atoms with Gasteiger partial charge >= 0.3 is 169 Å². The minimum absolute atomic E-state index is 0. The SMILES string of the molecule is CCCCCCCCCCCCCCCCCCC[CH2][Ga][CH2]CCCCCCCCCCCCCCCCCCC.[H-]. The van der Waals surface area contributed by atoms with Gasteiger partial charge in [0, 0.05) is 0 Å². The molecule has 41 heavy (non-hydrogen) atoms. The molecule has 0 heterocycles. The van der Waals surface area contributed by atoms with E-state index in [0.29, 0.717) is 0 Å². The predicted octanol–water partition coefficient (Wildman–Crippen LogP) is 15.7. The Balaban J connectivity index is 0. The minimum Gasteiger partial charge on any atom is -1.00 e. The van der Waals surface area contributed by atoms with Gasteiger partial charge in [-0.15, -0.1) is 0 Å². The van der Waals surface area contributed by atoms with Gasteiger partial charge in [-0.1, -0.05) is 104 Å². The molecule has 1 heteroatoms. The van der Waals surface area contributed by atoms with E-state index in [9.17, 15) is 0 Å². The summed E-state index contributed by atoms with van der Waals surface area (Å²) in [4.78, 5) is 3.31. The molecule has 0 N–H and O–H groups in total. The summed E-state index contributed by atoms with van der Waals surface area (Å²) in [6.45, 7) is 4.62. The number of unbranched alkanes of at least 4 members (excludes halogenated alkanes) is 34. The predicted molar refractivity (Wildman–Crippen MR) is 194 cm³/mol. The molecule has 0 unspecified atom stereocenters. The molecule has 0 saturated heterocycles. The van der Waals surface area contributed by atoms with Crippen LogP contribution in [0.1, 0.15) is 246 Å². The van der Waals surface area contributed by atoms with Crippen molar-refractivity contribution in [3.63, 3.8) is 0 Å².